The van der Waals surface area contributed by atoms with Gasteiger partial charge in [-0.1, -0.05) is 0 Å². The van der Waals surface area contributed by atoms with Crippen molar-refractivity contribution in [2.75, 3.05) is 0 Å². The number of nitrogens with zero attached hydrogens (tertiary/aromatic N) is 7. The van der Waals surface area contributed by atoms with Crippen LogP contribution in [0.25, 0.3) is 0 Å². The summed E-state index contributed by atoms with van der Waals surface area (Å²) in [5, 5.41) is 19.5. The minimum atomic E-state index is -2.15. The maximum absolute atomic E-state index is 14.2. The van der Waals surface area contributed by atoms with Gasteiger partial charge in [-0.05, 0) is 28.6 Å². The summed E-state index contributed by atoms with van der Waals surface area (Å²) < 4.78 is 34.1. The molecule has 3 aromatic heterocycles. The molecule has 3 aromatic rings. The lowest BCUT2D eigenvalue weighted by molar-refractivity contribution is -0.0295. The van der Waals surface area contributed by atoms with Crippen LogP contribution in [0.5, 0.6) is 11.8 Å². The molecule has 0 bridgehead atoms. The highest BCUT2D eigenvalue weighted by Gasteiger charge is 2.32. The first-order valence-electron chi connectivity index (χ1n) is 6.74. The summed E-state index contributed by atoms with van der Waals surface area (Å²) in [6.45, 7) is 0. The Morgan fingerprint density at radius 3 is 2.54 bits per heavy atom. The van der Waals surface area contributed by atoms with Crippen LogP contribution >= 0.6 is 0 Å². The van der Waals surface area contributed by atoms with Crippen molar-refractivity contribution >= 4 is 0 Å². The number of halogens is 2. The van der Waals surface area contributed by atoms with Gasteiger partial charge < -0.3 is 9.84 Å². The van der Waals surface area contributed by atoms with Crippen LogP contribution in [0, 0.1) is 0 Å². The van der Waals surface area contributed by atoms with Gasteiger partial charge in [-0.2, -0.15) is 4.68 Å². The molecule has 0 amide bonds. The molecule has 0 radical (unpaired) electrons. The smallest absolute Gasteiger partial charge is 0.321 e. The highest BCUT2D eigenvalue weighted by atomic mass is 19.1. The summed E-state index contributed by atoms with van der Waals surface area (Å²) in [5.41, 5.74) is -0.167. The number of aliphatic hydroxyl groups excluding tert-OH is 1. The number of hydrogen-bond acceptors (Lipinski definition) is 8. The molecule has 0 aromatic carbocycles. The van der Waals surface area contributed by atoms with Crippen LogP contribution in [-0.4, -0.2) is 46.4 Å². The number of aromatic nitrogens is 7. The van der Waals surface area contributed by atoms with E-state index >= 15 is 0 Å². The van der Waals surface area contributed by atoms with Crippen molar-refractivity contribution in [3.63, 3.8) is 0 Å². The van der Waals surface area contributed by atoms with Crippen LogP contribution in [0.3, 0.4) is 0 Å². The first kappa shape index (κ1) is 15.8. The van der Waals surface area contributed by atoms with Crippen LogP contribution in [0.4, 0.5) is 8.78 Å². The maximum Gasteiger partial charge on any atom is 0.321 e. The van der Waals surface area contributed by atoms with Gasteiger partial charge in [0.05, 0.1) is 11.9 Å². The lowest BCUT2D eigenvalue weighted by Gasteiger charge is -2.18. The second kappa shape index (κ2) is 7.00. The minimum absolute atomic E-state index is 0.103. The van der Waals surface area contributed by atoms with Gasteiger partial charge in [0, 0.05) is 12.4 Å². The zero-order valence-corrected chi connectivity index (χ0v) is 12.0. The number of alkyl halides is 2. The Bertz CT molecular complexity index is 758. The predicted octanol–water partition coefficient (Wildman–Crippen LogP) is 1.19. The van der Waals surface area contributed by atoms with E-state index in [0.717, 1.165) is 6.33 Å². The molecule has 0 aliphatic carbocycles. The molecule has 0 saturated heterocycles. The summed E-state index contributed by atoms with van der Waals surface area (Å²) >= 11 is 0. The van der Waals surface area contributed by atoms with Gasteiger partial charge in [-0.25, -0.2) is 18.7 Å². The number of pyridine rings is 1. The van der Waals surface area contributed by atoms with Crippen molar-refractivity contribution in [1.82, 2.24) is 35.2 Å². The van der Waals surface area contributed by atoms with E-state index in [4.69, 9.17) is 4.74 Å². The van der Waals surface area contributed by atoms with Crippen molar-refractivity contribution in [3.05, 3.63) is 48.8 Å². The monoisotopic (exact) mass is 335 g/mol. The normalized spacial score (nSPS) is 14.8. The van der Waals surface area contributed by atoms with Gasteiger partial charge in [0.2, 0.25) is 6.30 Å². The molecule has 3 rings (SSSR count). The van der Waals surface area contributed by atoms with E-state index in [1.165, 1.54) is 30.7 Å². The Labute approximate surface area is 134 Å². The molecule has 0 aliphatic rings. The maximum atomic E-state index is 14.2. The molecule has 0 fully saturated rings. The third kappa shape index (κ3) is 3.46. The third-order valence-corrected chi connectivity index (χ3v) is 2.99. The molecule has 9 nitrogen and oxygen atoms in total. The van der Waals surface area contributed by atoms with Crippen LogP contribution in [0.1, 0.15) is 18.2 Å². The van der Waals surface area contributed by atoms with Crippen molar-refractivity contribution in [3.8, 4) is 11.8 Å². The molecule has 0 aliphatic heterocycles. The molecule has 0 spiro atoms. The van der Waals surface area contributed by atoms with Crippen molar-refractivity contribution in [2.24, 2.45) is 0 Å². The molecular formula is C13H11F2N7O2. The molecule has 0 saturated carbocycles. The lowest BCUT2D eigenvalue weighted by atomic mass is 10.1. The summed E-state index contributed by atoms with van der Waals surface area (Å²) in [6, 6.07) is 4.40. The Kier molecular flexibility index (Phi) is 4.61. The number of aliphatic hydroxyl groups is 1. The van der Waals surface area contributed by atoms with Gasteiger partial charge in [0.1, 0.15) is 18.2 Å². The number of hydrogen-bond donors (Lipinski definition) is 1. The number of tetrazole rings is 1. The SMILES string of the molecule is OC(C(F)c1ccc(Oc2ncccn2)cn1)C(F)n1cnnn1. The molecule has 3 atom stereocenters. The standard InChI is InChI=1S/C13H11F2N7O2/c14-10(11(23)12(15)22-7-19-20-21-22)9-3-2-8(6-18-9)24-13-16-4-1-5-17-13/h1-7,10-12,23H. The molecule has 124 valence electrons. The fourth-order valence-corrected chi connectivity index (χ4v) is 1.81. The summed E-state index contributed by atoms with van der Waals surface area (Å²) in [6.07, 6.45) is -1.10. The van der Waals surface area contributed by atoms with Crippen LogP contribution in [-0.2, 0) is 0 Å². The summed E-state index contributed by atoms with van der Waals surface area (Å²) in [7, 11) is 0. The average molecular weight is 335 g/mol. The van der Waals surface area contributed by atoms with Crippen molar-refractivity contribution in [2.45, 2.75) is 18.6 Å². The van der Waals surface area contributed by atoms with E-state index in [9.17, 15) is 13.9 Å². The van der Waals surface area contributed by atoms with Gasteiger partial charge in [0.25, 0.3) is 0 Å². The molecule has 11 heteroatoms. The van der Waals surface area contributed by atoms with Crippen LogP contribution in [0.15, 0.2) is 43.1 Å². The molecule has 24 heavy (non-hydrogen) atoms. The van der Waals surface area contributed by atoms with Crippen molar-refractivity contribution in [1.29, 1.82) is 0 Å². The Hall–Kier alpha value is -3.08. The largest absolute Gasteiger partial charge is 0.423 e. The first-order chi connectivity index (χ1) is 11.6. The van der Waals surface area contributed by atoms with Gasteiger partial charge in [0.15, 0.2) is 6.17 Å². The second-order valence-electron chi connectivity index (χ2n) is 4.61. The van der Waals surface area contributed by atoms with Gasteiger partial charge >= 0.3 is 6.01 Å². The predicted molar refractivity (Wildman–Crippen MR) is 74.2 cm³/mol. The van der Waals surface area contributed by atoms with E-state index in [1.54, 1.807) is 6.07 Å². The van der Waals surface area contributed by atoms with Crippen LogP contribution in [0.2, 0.25) is 0 Å². The van der Waals surface area contributed by atoms with E-state index in [-0.39, 0.29) is 17.5 Å². The van der Waals surface area contributed by atoms with E-state index < -0.39 is 18.6 Å². The number of ether oxygens (including phenoxy) is 1. The van der Waals surface area contributed by atoms with E-state index in [2.05, 4.69) is 30.5 Å². The second-order valence-corrected chi connectivity index (χ2v) is 4.61. The summed E-state index contributed by atoms with van der Waals surface area (Å²) in [5.74, 6) is 0.268. The Morgan fingerprint density at radius 2 is 1.92 bits per heavy atom. The zero-order chi connectivity index (χ0) is 16.9. The lowest BCUT2D eigenvalue weighted by Crippen LogP contribution is -2.26. The van der Waals surface area contributed by atoms with E-state index in [1.807, 2.05) is 0 Å². The quantitative estimate of drug-likeness (QED) is 0.715. The highest BCUT2D eigenvalue weighted by Crippen LogP contribution is 2.28. The number of rotatable bonds is 6. The fourth-order valence-electron chi connectivity index (χ4n) is 1.81. The molecule has 1 N–H and O–H groups in total. The first-order valence-corrected chi connectivity index (χ1v) is 6.74. The van der Waals surface area contributed by atoms with Crippen molar-refractivity contribution < 1.29 is 18.6 Å². The topological polar surface area (TPSA) is 112 Å². The Balaban J connectivity index is 1.68. The minimum Gasteiger partial charge on any atom is -0.423 e. The molecule has 3 unspecified atom stereocenters. The summed E-state index contributed by atoms with van der Waals surface area (Å²) in [4.78, 5) is 11.5. The van der Waals surface area contributed by atoms with Gasteiger partial charge in [-0.3, -0.25) is 4.98 Å². The van der Waals surface area contributed by atoms with Crippen LogP contribution < -0.4 is 4.74 Å². The zero-order valence-electron chi connectivity index (χ0n) is 12.0. The average Bonchev–Trinajstić information content (AvgIpc) is 3.16. The van der Waals surface area contributed by atoms with E-state index in [0.29, 0.717) is 4.68 Å². The van der Waals surface area contributed by atoms with Gasteiger partial charge in [-0.15, -0.1) is 5.10 Å². The molecule has 3 heterocycles. The fraction of sp³-hybridized carbons (Fsp3) is 0.231. The third-order valence-electron chi connectivity index (χ3n) is 2.99. The highest BCUT2D eigenvalue weighted by molar-refractivity contribution is 5.24. The molecular weight excluding hydrogens is 324 g/mol. The Morgan fingerprint density at radius 1 is 1.12 bits per heavy atom.